The Morgan fingerprint density at radius 2 is 1.85 bits per heavy atom. The van der Waals surface area contributed by atoms with E-state index in [1.54, 1.807) is 10.9 Å². The van der Waals surface area contributed by atoms with Gasteiger partial charge in [0, 0.05) is 29.9 Å². The second-order valence-electron chi connectivity index (χ2n) is 6.34. The van der Waals surface area contributed by atoms with Crippen molar-refractivity contribution in [1.82, 2.24) is 19.7 Å². The first-order valence-corrected chi connectivity index (χ1v) is 8.66. The molecule has 0 spiro atoms. The molecule has 0 amide bonds. The molecule has 0 bridgehead atoms. The number of nitrogens with zero attached hydrogens (tertiary/aromatic N) is 4. The summed E-state index contributed by atoms with van der Waals surface area (Å²) >= 11 is 0. The molecule has 2 aromatic carbocycles. The molecule has 0 aliphatic heterocycles. The van der Waals surface area contributed by atoms with E-state index in [0.717, 1.165) is 28.2 Å². The monoisotopic (exact) mass is 343 g/mol. The SMILES string of the molecule is c1ccc(Oc2ccc3c(NC4CC4)nc(-n4cccn4)nc3c2)cc1. The highest BCUT2D eigenvalue weighted by Crippen LogP contribution is 2.31. The lowest BCUT2D eigenvalue weighted by atomic mass is 10.2. The van der Waals surface area contributed by atoms with E-state index >= 15 is 0 Å². The van der Waals surface area contributed by atoms with Crippen molar-refractivity contribution in [2.24, 2.45) is 0 Å². The largest absolute Gasteiger partial charge is 0.457 e. The van der Waals surface area contributed by atoms with Gasteiger partial charge in [0.1, 0.15) is 17.3 Å². The average Bonchev–Trinajstić information content (AvgIpc) is 3.31. The highest BCUT2D eigenvalue weighted by atomic mass is 16.5. The summed E-state index contributed by atoms with van der Waals surface area (Å²) in [4.78, 5) is 9.35. The van der Waals surface area contributed by atoms with Crippen molar-refractivity contribution < 1.29 is 4.74 Å². The van der Waals surface area contributed by atoms with Crippen molar-refractivity contribution in [1.29, 1.82) is 0 Å². The number of benzene rings is 2. The first-order chi connectivity index (χ1) is 12.8. The van der Waals surface area contributed by atoms with Crippen LogP contribution in [0.15, 0.2) is 67.0 Å². The average molecular weight is 343 g/mol. The van der Waals surface area contributed by atoms with E-state index in [2.05, 4.69) is 20.4 Å². The lowest BCUT2D eigenvalue weighted by Crippen LogP contribution is -2.09. The minimum Gasteiger partial charge on any atom is -0.457 e. The highest BCUT2D eigenvalue weighted by Gasteiger charge is 2.23. The Hall–Kier alpha value is -3.41. The number of ether oxygens (including phenoxy) is 1. The van der Waals surface area contributed by atoms with Gasteiger partial charge in [0.05, 0.1) is 5.52 Å². The van der Waals surface area contributed by atoms with Crippen LogP contribution in [0, 0.1) is 0 Å². The van der Waals surface area contributed by atoms with Gasteiger partial charge in [-0.3, -0.25) is 0 Å². The quantitative estimate of drug-likeness (QED) is 0.589. The number of aromatic nitrogens is 4. The lowest BCUT2D eigenvalue weighted by molar-refractivity contribution is 0.483. The molecular weight excluding hydrogens is 326 g/mol. The van der Waals surface area contributed by atoms with Crippen molar-refractivity contribution in [3.63, 3.8) is 0 Å². The third-order valence-electron chi connectivity index (χ3n) is 4.26. The van der Waals surface area contributed by atoms with Gasteiger partial charge >= 0.3 is 0 Å². The molecule has 5 rings (SSSR count). The Labute approximate surface area is 150 Å². The second-order valence-corrected chi connectivity index (χ2v) is 6.34. The number of rotatable bonds is 5. The minimum absolute atomic E-state index is 0.499. The van der Waals surface area contributed by atoms with Crippen LogP contribution in [0.25, 0.3) is 16.9 Å². The Kier molecular flexibility index (Phi) is 3.52. The van der Waals surface area contributed by atoms with E-state index in [-0.39, 0.29) is 0 Å². The molecule has 0 unspecified atom stereocenters. The summed E-state index contributed by atoms with van der Waals surface area (Å²) in [5.74, 6) is 2.92. The first-order valence-electron chi connectivity index (χ1n) is 8.66. The van der Waals surface area contributed by atoms with E-state index in [0.29, 0.717) is 12.0 Å². The van der Waals surface area contributed by atoms with E-state index in [4.69, 9.17) is 4.74 Å². The maximum Gasteiger partial charge on any atom is 0.253 e. The van der Waals surface area contributed by atoms with Crippen molar-refractivity contribution in [3.8, 4) is 17.4 Å². The zero-order chi connectivity index (χ0) is 17.3. The highest BCUT2D eigenvalue weighted by molar-refractivity contribution is 5.90. The molecule has 26 heavy (non-hydrogen) atoms. The molecule has 1 saturated carbocycles. The molecule has 128 valence electrons. The number of nitrogens with one attached hydrogen (secondary N) is 1. The third-order valence-corrected chi connectivity index (χ3v) is 4.26. The van der Waals surface area contributed by atoms with E-state index in [1.807, 2.05) is 60.8 Å². The molecule has 1 fully saturated rings. The van der Waals surface area contributed by atoms with Crippen LogP contribution in [0.5, 0.6) is 11.5 Å². The van der Waals surface area contributed by atoms with Gasteiger partial charge in [0.25, 0.3) is 5.95 Å². The first kappa shape index (κ1) is 14.9. The molecule has 6 nitrogen and oxygen atoms in total. The molecule has 6 heteroatoms. The summed E-state index contributed by atoms with van der Waals surface area (Å²) in [6.45, 7) is 0. The number of para-hydroxylation sites is 1. The Morgan fingerprint density at radius 3 is 2.62 bits per heavy atom. The Morgan fingerprint density at radius 1 is 0.962 bits per heavy atom. The lowest BCUT2D eigenvalue weighted by Gasteiger charge is -2.12. The molecule has 4 aromatic rings. The van der Waals surface area contributed by atoms with Crippen LogP contribution in [0.2, 0.25) is 0 Å². The molecule has 0 radical (unpaired) electrons. The normalized spacial score (nSPS) is 13.7. The van der Waals surface area contributed by atoms with Crippen LogP contribution in [0.4, 0.5) is 5.82 Å². The number of anilines is 1. The molecule has 1 aliphatic rings. The molecule has 2 heterocycles. The van der Waals surface area contributed by atoms with Gasteiger partial charge in [-0.2, -0.15) is 10.1 Å². The van der Waals surface area contributed by atoms with Crippen LogP contribution in [-0.2, 0) is 0 Å². The molecule has 1 aliphatic carbocycles. The third kappa shape index (κ3) is 2.97. The summed E-state index contributed by atoms with van der Waals surface area (Å²) < 4.78 is 7.62. The standard InChI is InChI=1S/C20H17N5O/c1-2-5-15(6-3-1)26-16-9-10-17-18(13-16)23-20(25-12-4-11-21-25)24-19(17)22-14-7-8-14/h1-6,9-14H,7-8H2,(H,22,23,24). The number of fused-ring (bicyclic) bond motifs is 1. The second kappa shape index (κ2) is 6.15. The Bertz CT molecular complexity index is 1040. The van der Waals surface area contributed by atoms with Gasteiger partial charge < -0.3 is 10.1 Å². The van der Waals surface area contributed by atoms with Gasteiger partial charge in [-0.05, 0) is 43.2 Å². The summed E-state index contributed by atoms with van der Waals surface area (Å²) in [5, 5.41) is 8.73. The molecule has 0 saturated heterocycles. The molecule has 0 atom stereocenters. The van der Waals surface area contributed by atoms with Crippen LogP contribution in [-0.4, -0.2) is 25.8 Å². The minimum atomic E-state index is 0.499. The van der Waals surface area contributed by atoms with Crippen molar-refractivity contribution in [3.05, 3.63) is 67.0 Å². The fourth-order valence-corrected chi connectivity index (χ4v) is 2.81. The maximum atomic E-state index is 5.95. The molecular formula is C20H17N5O. The summed E-state index contributed by atoms with van der Waals surface area (Å²) in [5.41, 5.74) is 0.821. The predicted molar refractivity (Wildman–Crippen MR) is 99.8 cm³/mol. The zero-order valence-corrected chi connectivity index (χ0v) is 14.0. The van der Waals surface area contributed by atoms with Crippen LogP contribution >= 0.6 is 0 Å². The fourth-order valence-electron chi connectivity index (χ4n) is 2.81. The van der Waals surface area contributed by atoms with Crippen LogP contribution < -0.4 is 10.1 Å². The van der Waals surface area contributed by atoms with Gasteiger partial charge in [-0.25, -0.2) is 9.67 Å². The van der Waals surface area contributed by atoms with Crippen LogP contribution in [0.3, 0.4) is 0 Å². The van der Waals surface area contributed by atoms with E-state index in [1.165, 1.54) is 12.8 Å². The summed E-state index contributed by atoms with van der Waals surface area (Å²) in [7, 11) is 0. The van der Waals surface area contributed by atoms with E-state index in [9.17, 15) is 0 Å². The van der Waals surface area contributed by atoms with E-state index < -0.39 is 0 Å². The maximum absolute atomic E-state index is 5.95. The van der Waals surface area contributed by atoms with Crippen LogP contribution in [0.1, 0.15) is 12.8 Å². The molecule has 2 aromatic heterocycles. The van der Waals surface area contributed by atoms with Gasteiger partial charge in [-0.15, -0.1) is 0 Å². The molecule has 1 N–H and O–H groups in total. The Balaban J connectivity index is 1.59. The van der Waals surface area contributed by atoms with Crippen molar-refractivity contribution in [2.45, 2.75) is 18.9 Å². The number of hydrogen-bond acceptors (Lipinski definition) is 5. The van der Waals surface area contributed by atoms with Crippen molar-refractivity contribution in [2.75, 3.05) is 5.32 Å². The predicted octanol–water partition coefficient (Wildman–Crippen LogP) is 4.18. The smallest absolute Gasteiger partial charge is 0.253 e. The zero-order valence-electron chi connectivity index (χ0n) is 14.0. The summed E-state index contributed by atoms with van der Waals surface area (Å²) in [6, 6.07) is 18.0. The number of hydrogen-bond donors (Lipinski definition) is 1. The summed E-state index contributed by atoms with van der Waals surface area (Å²) in [6.07, 6.45) is 5.92. The van der Waals surface area contributed by atoms with Crippen molar-refractivity contribution >= 4 is 16.7 Å². The fraction of sp³-hybridized carbons (Fsp3) is 0.150. The van der Waals surface area contributed by atoms with Gasteiger partial charge in [-0.1, -0.05) is 18.2 Å². The van der Waals surface area contributed by atoms with Gasteiger partial charge in [0.15, 0.2) is 0 Å². The van der Waals surface area contributed by atoms with Gasteiger partial charge in [0.2, 0.25) is 0 Å². The topological polar surface area (TPSA) is 64.9 Å².